The lowest BCUT2D eigenvalue weighted by Crippen LogP contribution is -2.38. The SMILES string of the molecule is C[C@H](Sc1nnc(NC2CC2)s1)C(=O)N1CCNC1=O. The molecule has 7 nitrogen and oxygen atoms in total. The van der Waals surface area contributed by atoms with Gasteiger partial charge in [0.2, 0.25) is 11.0 Å². The van der Waals surface area contributed by atoms with Gasteiger partial charge in [0.15, 0.2) is 4.34 Å². The van der Waals surface area contributed by atoms with Crippen molar-refractivity contribution < 1.29 is 9.59 Å². The van der Waals surface area contributed by atoms with Gasteiger partial charge in [0, 0.05) is 19.1 Å². The highest BCUT2D eigenvalue weighted by Crippen LogP contribution is 2.32. The summed E-state index contributed by atoms with van der Waals surface area (Å²) in [5, 5.41) is 14.5. The molecule has 0 bridgehead atoms. The third-order valence-electron chi connectivity index (χ3n) is 3.06. The summed E-state index contributed by atoms with van der Waals surface area (Å²) >= 11 is 2.79. The number of carbonyl (C=O) groups is 2. The zero-order chi connectivity index (χ0) is 14.1. The third kappa shape index (κ3) is 3.04. The van der Waals surface area contributed by atoms with Gasteiger partial charge in [-0.05, 0) is 19.8 Å². The van der Waals surface area contributed by atoms with E-state index in [0.717, 1.165) is 9.47 Å². The lowest BCUT2D eigenvalue weighted by Gasteiger charge is -2.16. The van der Waals surface area contributed by atoms with E-state index in [0.29, 0.717) is 19.1 Å². The molecule has 2 heterocycles. The van der Waals surface area contributed by atoms with Crippen molar-refractivity contribution in [3.05, 3.63) is 0 Å². The van der Waals surface area contributed by atoms with Crippen LogP contribution in [0.2, 0.25) is 0 Å². The quantitative estimate of drug-likeness (QED) is 0.793. The predicted molar refractivity (Wildman–Crippen MR) is 77.0 cm³/mol. The second kappa shape index (κ2) is 5.57. The number of rotatable bonds is 5. The summed E-state index contributed by atoms with van der Waals surface area (Å²) in [5.41, 5.74) is 0. The summed E-state index contributed by atoms with van der Waals surface area (Å²) < 4.78 is 0.744. The van der Waals surface area contributed by atoms with Gasteiger partial charge in [-0.1, -0.05) is 23.1 Å². The van der Waals surface area contributed by atoms with Crippen molar-refractivity contribution >= 4 is 40.2 Å². The first-order valence-electron chi connectivity index (χ1n) is 6.49. The fraction of sp³-hybridized carbons (Fsp3) is 0.636. The molecule has 0 radical (unpaired) electrons. The van der Waals surface area contributed by atoms with Gasteiger partial charge in [0.25, 0.3) is 0 Å². The molecular formula is C11H15N5O2S2. The average Bonchev–Trinajstić information content (AvgIpc) is 2.95. The Bertz CT molecular complexity index is 531. The Labute approximate surface area is 124 Å². The summed E-state index contributed by atoms with van der Waals surface area (Å²) in [7, 11) is 0. The second-order valence-corrected chi connectivity index (χ2v) is 7.34. The van der Waals surface area contributed by atoms with Gasteiger partial charge >= 0.3 is 6.03 Å². The average molecular weight is 313 g/mol. The number of amides is 3. The highest BCUT2D eigenvalue weighted by Gasteiger charge is 2.31. The summed E-state index contributed by atoms with van der Waals surface area (Å²) in [6.45, 7) is 2.75. The van der Waals surface area contributed by atoms with Crippen LogP contribution >= 0.6 is 23.1 Å². The molecule has 1 atom stereocenters. The molecule has 3 amide bonds. The van der Waals surface area contributed by atoms with Crippen LogP contribution in [0.3, 0.4) is 0 Å². The monoisotopic (exact) mass is 313 g/mol. The number of hydrogen-bond donors (Lipinski definition) is 2. The molecule has 2 N–H and O–H groups in total. The van der Waals surface area contributed by atoms with Crippen molar-refractivity contribution in [2.24, 2.45) is 0 Å². The first-order chi connectivity index (χ1) is 9.63. The van der Waals surface area contributed by atoms with E-state index in [1.54, 1.807) is 6.92 Å². The third-order valence-corrected chi connectivity index (χ3v) is 5.09. The molecule has 1 aliphatic carbocycles. The molecule has 20 heavy (non-hydrogen) atoms. The summed E-state index contributed by atoms with van der Waals surface area (Å²) in [6.07, 6.45) is 2.36. The van der Waals surface area contributed by atoms with E-state index >= 15 is 0 Å². The molecule has 1 aromatic rings. The number of carbonyl (C=O) groups excluding carboxylic acids is 2. The lowest BCUT2D eigenvalue weighted by molar-refractivity contribution is -0.126. The van der Waals surface area contributed by atoms with Gasteiger partial charge in [0.05, 0.1) is 5.25 Å². The summed E-state index contributed by atoms with van der Waals surface area (Å²) in [6, 6.07) is 0.226. The van der Waals surface area contributed by atoms with Crippen LogP contribution in [-0.2, 0) is 4.79 Å². The zero-order valence-electron chi connectivity index (χ0n) is 11.0. The molecule has 3 rings (SSSR count). The van der Waals surface area contributed by atoms with Gasteiger partial charge in [-0.15, -0.1) is 10.2 Å². The van der Waals surface area contributed by atoms with Gasteiger partial charge in [0.1, 0.15) is 0 Å². The van der Waals surface area contributed by atoms with Crippen molar-refractivity contribution in [3.63, 3.8) is 0 Å². The number of nitrogens with zero attached hydrogens (tertiary/aromatic N) is 3. The Kier molecular flexibility index (Phi) is 3.79. The smallest absolute Gasteiger partial charge is 0.324 e. The molecule has 2 fully saturated rings. The van der Waals surface area contributed by atoms with Gasteiger partial charge in [-0.2, -0.15) is 0 Å². The first-order valence-corrected chi connectivity index (χ1v) is 8.19. The Morgan fingerprint density at radius 1 is 1.55 bits per heavy atom. The molecule has 1 aliphatic heterocycles. The van der Waals surface area contributed by atoms with Crippen molar-refractivity contribution in [1.29, 1.82) is 0 Å². The fourth-order valence-electron chi connectivity index (χ4n) is 1.82. The van der Waals surface area contributed by atoms with Gasteiger partial charge < -0.3 is 10.6 Å². The minimum absolute atomic E-state index is 0.183. The van der Waals surface area contributed by atoms with Crippen LogP contribution in [0, 0.1) is 0 Å². The maximum Gasteiger partial charge on any atom is 0.324 e. The number of urea groups is 1. The standard InChI is InChI=1S/C11H15N5O2S2/c1-6(8(17)16-5-4-12-10(16)18)19-11-15-14-9(20-11)13-7-2-3-7/h6-7H,2-5H2,1H3,(H,12,18)(H,13,14)/t6-/m0/s1. The molecule has 1 aromatic heterocycles. The minimum atomic E-state index is -0.347. The Morgan fingerprint density at radius 3 is 3.00 bits per heavy atom. The number of nitrogens with one attached hydrogen (secondary N) is 2. The largest absolute Gasteiger partial charge is 0.357 e. The van der Waals surface area contributed by atoms with E-state index in [2.05, 4.69) is 20.8 Å². The fourth-order valence-corrected chi connectivity index (χ4v) is 3.86. The predicted octanol–water partition coefficient (Wildman–Crippen LogP) is 1.14. The Balaban J connectivity index is 1.57. The van der Waals surface area contributed by atoms with Gasteiger partial charge in [-0.25, -0.2) is 4.79 Å². The van der Waals surface area contributed by atoms with Crippen LogP contribution in [0.25, 0.3) is 0 Å². The van der Waals surface area contributed by atoms with Crippen LogP contribution in [-0.4, -0.2) is 51.4 Å². The highest BCUT2D eigenvalue weighted by atomic mass is 32.2. The molecule has 1 saturated carbocycles. The van der Waals surface area contributed by atoms with Crippen LogP contribution in [0.4, 0.5) is 9.93 Å². The van der Waals surface area contributed by atoms with E-state index in [1.807, 2.05) is 0 Å². The number of anilines is 1. The zero-order valence-corrected chi connectivity index (χ0v) is 12.6. The van der Waals surface area contributed by atoms with E-state index in [4.69, 9.17) is 0 Å². The molecular weight excluding hydrogens is 298 g/mol. The molecule has 0 spiro atoms. The molecule has 0 unspecified atom stereocenters. The van der Waals surface area contributed by atoms with E-state index < -0.39 is 0 Å². The van der Waals surface area contributed by atoms with Crippen molar-refractivity contribution in [2.45, 2.75) is 35.4 Å². The number of thioether (sulfide) groups is 1. The van der Waals surface area contributed by atoms with Crippen LogP contribution < -0.4 is 10.6 Å². The summed E-state index contributed by atoms with van der Waals surface area (Å²) in [5.74, 6) is -0.183. The topological polar surface area (TPSA) is 87.2 Å². The van der Waals surface area contributed by atoms with E-state index in [-0.39, 0.29) is 17.2 Å². The molecule has 2 aliphatic rings. The first kappa shape index (κ1) is 13.6. The van der Waals surface area contributed by atoms with Crippen LogP contribution in [0.5, 0.6) is 0 Å². The van der Waals surface area contributed by atoms with Crippen molar-refractivity contribution in [1.82, 2.24) is 20.4 Å². The van der Waals surface area contributed by atoms with E-state index in [1.165, 1.54) is 40.8 Å². The maximum absolute atomic E-state index is 12.1. The Hall–Kier alpha value is -1.35. The van der Waals surface area contributed by atoms with Crippen molar-refractivity contribution in [3.8, 4) is 0 Å². The van der Waals surface area contributed by atoms with Gasteiger partial charge in [-0.3, -0.25) is 9.69 Å². The van der Waals surface area contributed by atoms with Crippen LogP contribution in [0.15, 0.2) is 4.34 Å². The number of aromatic nitrogens is 2. The maximum atomic E-state index is 12.1. The summed E-state index contributed by atoms with van der Waals surface area (Å²) in [4.78, 5) is 24.8. The normalized spacial score (nSPS) is 19.9. The van der Waals surface area contributed by atoms with E-state index in [9.17, 15) is 9.59 Å². The van der Waals surface area contributed by atoms with Crippen molar-refractivity contribution in [2.75, 3.05) is 18.4 Å². The molecule has 0 aromatic carbocycles. The molecule has 108 valence electrons. The molecule has 9 heteroatoms. The number of hydrogen-bond acceptors (Lipinski definition) is 7. The van der Waals surface area contributed by atoms with Crippen LogP contribution in [0.1, 0.15) is 19.8 Å². The minimum Gasteiger partial charge on any atom is -0.357 e. The molecule has 1 saturated heterocycles. The Morgan fingerprint density at radius 2 is 2.35 bits per heavy atom. The second-order valence-electron chi connectivity index (χ2n) is 4.77. The number of imide groups is 1. The lowest BCUT2D eigenvalue weighted by atomic mass is 10.4. The highest BCUT2D eigenvalue weighted by molar-refractivity contribution is 8.02.